The fourth-order valence-corrected chi connectivity index (χ4v) is 1.84. The van der Waals surface area contributed by atoms with Crippen molar-refractivity contribution < 1.29 is 0 Å². The van der Waals surface area contributed by atoms with Crippen LogP contribution in [-0.2, 0) is 0 Å². The van der Waals surface area contributed by atoms with Crippen molar-refractivity contribution in [3.63, 3.8) is 0 Å². The molecule has 1 aromatic rings. The topological polar surface area (TPSA) is 38.9 Å². The summed E-state index contributed by atoms with van der Waals surface area (Å²) in [7, 11) is 0. The first-order chi connectivity index (χ1) is 6.34. The highest BCUT2D eigenvalue weighted by Crippen LogP contribution is 2.24. The van der Waals surface area contributed by atoms with Gasteiger partial charge in [0.05, 0.1) is 11.9 Å². The van der Waals surface area contributed by atoms with Gasteiger partial charge in [0.2, 0.25) is 0 Å². The van der Waals surface area contributed by atoms with Gasteiger partial charge in [0.1, 0.15) is 0 Å². The highest BCUT2D eigenvalue weighted by molar-refractivity contribution is 7.99. The summed E-state index contributed by atoms with van der Waals surface area (Å²) in [4.78, 5) is 5.06. The molecular weight excluding hydrogens is 180 g/mol. The third kappa shape index (κ3) is 3.51. The predicted octanol–water partition coefficient (Wildman–Crippen LogP) is 2.72. The molecule has 1 rings (SSSR count). The van der Waals surface area contributed by atoms with Gasteiger partial charge in [0.25, 0.3) is 0 Å². The van der Waals surface area contributed by atoms with Crippen molar-refractivity contribution in [2.75, 3.05) is 11.5 Å². The largest absolute Gasteiger partial charge is 0.397 e. The minimum atomic E-state index is 0.770. The molecule has 1 heterocycles. The molecule has 0 aromatic carbocycles. The van der Waals surface area contributed by atoms with Gasteiger partial charge in [0, 0.05) is 11.1 Å². The van der Waals surface area contributed by atoms with E-state index in [0.29, 0.717) is 0 Å². The van der Waals surface area contributed by atoms with E-state index < -0.39 is 0 Å². The predicted molar refractivity (Wildman–Crippen MR) is 58.8 cm³/mol. The number of allylic oxidation sites excluding steroid dienone is 1. The first kappa shape index (κ1) is 10.1. The molecule has 1 aromatic heterocycles. The fourth-order valence-electron chi connectivity index (χ4n) is 0.935. The molecule has 70 valence electrons. The van der Waals surface area contributed by atoms with Gasteiger partial charge in [-0.25, -0.2) is 0 Å². The van der Waals surface area contributed by atoms with Crippen molar-refractivity contribution in [1.29, 1.82) is 0 Å². The Kier molecular flexibility index (Phi) is 4.40. The number of hydrogen-bond donors (Lipinski definition) is 1. The Morgan fingerprint density at radius 2 is 2.46 bits per heavy atom. The van der Waals surface area contributed by atoms with Crippen molar-refractivity contribution in [3.8, 4) is 0 Å². The van der Waals surface area contributed by atoms with Gasteiger partial charge in [-0.15, -0.1) is 18.3 Å². The van der Waals surface area contributed by atoms with Gasteiger partial charge < -0.3 is 5.73 Å². The van der Waals surface area contributed by atoms with Crippen LogP contribution in [-0.4, -0.2) is 10.7 Å². The molecule has 0 saturated carbocycles. The van der Waals surface area contributed by atoms with Crippen LogP contribution in [0.1, 0.15) is 12.8 Å². The Bertz CT molecular complexity index is 273. The number of rotatable bonds is 5. The Morgan fingerprint density at radius 1 is 1.62 bits per heavy atom. The van der Waals surface area contributed by atoms with Crippen molar-refractivity contribution in [2.24, 2.45) is 0 Å². The van der Waals surface area contributed by atoms with Crippen LogP contribution in [0.15, 0.2) is 36.0 Å². The van der Waals surface area contributed by atoms with Crippen LogP contribution in [0.3, 0.4) is 0 Å². The van der Waals surface area contributed by atoms with Gasteiger partial charge in [0.15, 0.2) is 0 Å². The minimum absolute atomic E-state index is 0.770. The van der Waals surface area contributed by atoms with Crippen LogP contribution in [0.5, 0.6) is 0 Å². The lowest BCUT2D eigenvalue weighted by Gasteiger charge is -2.02. The maximum Gasteiger partial charge on any atom is 0.0638 e. The standard InChI is InChI=1S/C10H14N2S/c1-2-3-4-7-13-10-5-6-12-8-9(10)11/h2,5-6,8H,1,3-4,7,11H2. The zero-order valence-corrected chi connectivity index (χ0v) is 8.39. The second kappa shape index (κ2) is 5.65. The van der Waals surface area contributed by atoms with Gasteiger partial charge in [-0.3, -0.25) is 4.98 Å². The molecule has 0 saturated heterocycles. The quantitative estimate of drug-likeness (QED) is 0.445. The molecule has 0 aliphatic rings. The van der Waals surface area contributed by atoms with Crippen molar-refractivity contribution >= 4 is 17.4 Å². The molecule has 0 unspecified atom stereocenters. The molecule has 0 atom stereocenters. The van der Waals surface area contributed by atoms with Gasteiger partial charge in [-0.2, -0.15) is 0 Å². The lowest BCUT2D eigenvalue weighted by molar-refractivity contribution is 0.974. The van der Waals surface area contributed by atoms with Crippen molar-refractivity contribution in [1.82, 2.24) is 4.98 Å². The SMILES string of the molecule is C=CCCCSc1ccncc1N. The third-order valence-electron chi connectivity index (χ3n) is 1.62. The second-order valence-corrected chi connectivity index (χ2v) is 3.83. The first-order valence-corrected chi connectivity index (χ1v) is 5.26. The maximum absolute atomic E-state index is 5.73. The molecule has 0 amide bonds. The van der Waals surface area contributed by atoms with Crippen molar-refractivity contribution in [2.45, 2.75) is 17.7 Å². The molecule has 0 aliphatic carbocycles. The molecule has 2 nitrogen and oxygen atoms in total. The van der Waals surface area contributed by atoms with Crippen LogP contribution in [0.4, 0.5) is 5.69 Å². The number of nitrogen functional groups attached to an aromatic ring is 1. The smallest absolute Gasteiger partial charge is 0.0638 e. The highest BCUT2D eigenvalue weighted by Gasteiger charge is 1.97. The maximum atomic E-state index is 5.73. The minimum Gasteiger partial charge on any atom is -0.397 e. The van der Waals surface area contributed by atoms with E-state index in [1.807, 2.05) is 12.1 Å². The summed E-state index contributed by atoms with van der Waals surface area (Å²) in [6.07, 6.45) is 7.62. The number of anilines is 1. The normalized spacial score (nSPS) is 9.85. The summed E-state index contributed by atoms with van der Waals surface area (Å²) < 4.78 is 0. The zero-order chi connectivity index (χ0) is 9.52. The molecule has 0 spiro atoms. The van der Waals surface area contributed by atoms with Gasteiger partial charge in [-0.1, -0.05) is 6.08 Å². The van der Waals surface area contributed by atoms with E-state index >= 15 is 0 Å². The number of thioether (sulfide) groups is 1. The van der Waals surface area contributed by atoms with Crippen molar-refractivity contribution in [3.05, 3.63) is 31.1 Å². The zero-order valence-electron chi connectivity index (χ0n) is 7.57. The number of aromatic nitrogens is 1. The van der Waals surface area contributed by atoms with E-state index in [9.17, 15) is 0 Å². The molecule has 13 heavy (non-hydrogen) atoms. The Hall–Kier alpha value is -0.960. The van der Waals surface area contributed by atoms with E-state index in [4.69, 9.17) is 5.73 Å². The summed E-state index contributed by atoms with van der Waals surface area (Å²) in [5, 5.41) is 0. The van der Waals surface area contributed by atoms with Crippen LogP contribution in [0.25, 0.3) is 0 Å². The van der Waals surface area contributed by atoms with Crippen LogP contribution in [0, 0.1) is 0 Å². The number of nitrogens with two attached hydrogens (primary N) is 1. The van der Waals surface area contributed by atoms with E-state index in [1.54, 1.807) is 24.2 Å². The summed E-state index contributed by atoms with van der Waals surface area (Å²) in [6, 6.07) is 1.95. The van der Waals surface area contributed by atoms with Crippen LogP contribution in [0.2, 0.25) is 0 Å². The number of pyridine rings is 1. The Balaban J connectivity index is 2.36. The van der Waals surface area contributed by atoms with E-state index in [0.717, 1.165) is 29.2 Å². The van der Waals surface area contributed by atoms with Crippen LogP contribution >= 0.6 is 11.8 Å². The highest BCUT2D eigenvalue weighted by atomic mass is 32.2. The van der Waals surface area contributed by atoms with E-state index in [1.165, 1.54) is 0 Å². The molecule has 2 N–H and O–H groups in total. The lowest BCUT2D eigenvalue weighted by atomic mass is 10.3. The monoisotopic (exact) mass is 194 g/mol. The third-order valence-corrected chi connectivity index (χ3v) is 2.80. The number of hydrogen-bond acceptors (Lipinski definition) is 3. The summed E-state index contributed by atoms with van der Waals surface area (Å²) in [5.74, 6) is 1.08. The fraction of sp³-hybridized carbons (Fsp3) is 0.300. The lowest BCUT2D eigenvalue weighted by Crippen LogP contribution is -1.89. The molecule has 0 aliphatic heterocycles. The Morgan fingerprint density at radius 3 is 3.15 bits per heavy atom. The molecule has 0 fully saturated rings. The summed E-state index contributed by atoms with van der Waals surface area (Å²) in [5.41, 5.74) is 6.50. The van der Waals surface area contributed by atoms with Gasteiger partial charge in [-0.05, 0) is 24.7 Å². The average molecular weight is 194 g/mol. The average Bonchev–Trinajstić information content (AvgIpc) is 2.15. The van der Waals surface area contributed by atoms with E-state index in [-0.39, 0.29) is 0 Å². The molecular formula is C10H14N2S. The van der Waals surface area contributed by atoms with E-state index in [2.05, 4.69) is 11.6 Å². The first-order valence-electron chi connectivity index (χ1n) is 4.28. The molecule has 0 bridgehead atoms. The summed E-state index contributed by atoms with van der Waals surface area (Å²) in [6.45, 7) is 3.68. The van der Waals surface area contributed by atoms with Gasteiger partial charge >= 0.3 is 0 Å². The second-order valence-electron chi connectivity index (χ2n) is 2.69. The summed E-state index contributed by atoms with van der Waals surface area (Å²) >= 11 is 1.77. The Labute approximate surface area is 83.2 Å². The number of unbranched alkanes of at least 4 members (excludes halogenated alkanes) is 1. The number of nitrogens with zero attached hydrogens (tertiary/aromatic N) is 1. The molecule has 0 radical (unpaired) electrons. The van der Waals surface area contributed by atoms with Crippen LogP contribution < -0.4 is 5.73 Å². The molecule has 3 heteroatoms.